The Bertz CT molecular complexity index is 427. The molecular weight excluding hydrogens is 273 g/mol. The smallest absolute Gasteiger partial charge is 0.146 e. The zero-order chi connectivity index (χ0) is 13.7. The van der Waals surface area contributed by atoms with Gasteiger partial charge in [-0.1, -0.05) is 30.7 Å². The number of nitrogens with one attached hydrogen (secondary N) is 1. The van der Waals surface area contributed by atoms with Gasteiger partial charge in [0.25, 0.3) is 0 Å². The van der Waals surface area contributed by atoms with Crippen LogP contribution in [-0.4, -0.2) is 22.3 Å². The Morgan fingerprint density at radius 2 is 2.17 bits per heavy atom. The molecule has 0 aliphatic carbocycles. The van der Waals surface area contributed by atoms with E-state index in [1.807, 2.05) is 13.8 Å². The zero-order valence-electron chi connectivity index (χ0n) is 10.9. The molecule has 0 saturated carbocycles. The lowest BCUT2D eigenvalue weighted by atomic mass is 10.0. The SMILES string of the molecule is CC[C@H](NC[C@H](C)[S@](C)=O)c1cccc(Cl)c1F. The van der Waals surface area contributed by atoms with E-state index in [-0.39, 0.29) is 22.1 Å². The van der Waals surface area contributed by atoms with Gasteiger partial charge in [-0.25, -0.2) is 4.39 Å². The van der Waals surface area contributed by atoms with E-state index in [1.165, 1.54) is 6.07 Å². The van der Waals surface area contributed by atoms with E-state index in [2.05, 4.69) is 5.32 Å². The van der Waals surface area contributed by atoms with E-state index in [0.29, 0.717) is 12.1 Å². The Labute approximate surface area is 115 Å². The van der Waals surface area contributed by atoms with Gasteiger partial charge in [0.1, 0.15) is 5.82 Å². The van der Waals surface area contributed by atoms with Gasteiger partial charge >= 0.3 is 0 Å². The second-order valence-electron chi connectivity index (χ2n) is 4.32. The maximum Gasteiger partial charge on any atom is 0.146 e. The van der Waals surface area contributed by atoms with E-state index in [9.17, 15) is 8.60 Å². The van der Waals surface area contributed by atoms with Crippen molar-refractivity contribution < 1.29 is 8.60 Å². The maximum absolute atomic E-state index is 13.9. The summed E-state index contributed by atoms with van der Waals surface area (Å²) < 4.78 is 25.2. The van der Waals surface area contributed by atoms with Crippen LogP contribution in [0.1, 0.15) is 31.9 Å². The third kappa shape index (κ3) is 4.04. The van der Waals surface area contributed by atoms with Crippen molar-refractivity contribution in [3.63, 3.8) is 0 Å². The fourth-order valence-electron chi connectivity index (χ4n) is 1.69. The fourth-order valence-corrected chi connectivity index (χ4v) is 2.20. The van der Waals surface area contributed by atoms with Gasteiger partial charge in [-0.15, -0.1) is 0 Å². The van der Waals surface area contributed by atoms with E-state index in [1.54, 1.807) is 18.4 Å². The molecule has 0 aromatic heterocycles. The molecule has 0 saturated heterocycles. The lowest BCUT2D eigenvalue weighted by molar-refractivity contribution is 0.489. The minimum Gasteiger partial charge on any atom is -0.309 e. The van der Waals surface area contributed by atoms with Crippen molar-refractivity contribution in [1.82, 2.24) is 5.32 Å². The highest BCUT2D eigenvalue weighted by atomic mass is 35.5. The van der Waals surface area contributed by atoms with E-state index >= 15 is 0 Å². The Morgan fingerprint density at radius 1 is 1.50 bits per heavy atom. The molecule has 0 aliphatic heterocycles. The Hall–Kier alpha value is -0.450. The quantitative estimate of drug-likeness (QED) is 0.871. The van der Waals surface area contributed by atoms with Gasteiger partial charge in [-0.05, 0) is 19.4 Å². The van der Waals surface area contributed by atoms with Crippen LogP contribution in [0.4, 0.5) is 4.39 Å². The molecule has 102 valence electrons. The normalized spacial score (nSPS) is 16.3. The highest BCUT2D eigenvalue weighted by Gasteiger charge is 2.17. The predicted molar refractivity (Wildman–Crippen MR) is 76.0 cm³/mol. The van der Waals surface area contributed by atoms with E-state index in [4.69, 9.17) is 11.6 Å². The summed E-state index contributed by atoms with van der Waals surface area (Å²) in [5, 5.41) is 3.42. The van der Waals surface area contributed by atoms with Crippen molar-refractivity contribution in [3.05, 3.63) is 34.6 Å². The first-order chi connectivity index (χ1) is 8.47. The number of benzene rings is 1. The average molecular weight is 292 g/mol. The predicted octanol–water partition coefficient (Wildman–Crippen LogP) is 3.29. The second-order valence-corrected chi connectivity index (χ2v) is 6.53. The van der Waals surface area contributed by atoms with Gasteiger partial charge in [0.2, 0.25) is 0 Å². The third-order valence-corrected chi connectivity index (χ3v) is 4.58. The van der Waals surface area contributed by atoms with Gasteiger partial charge in [0, 0.05) is 40.5 Å². The molecule has 0 bridgehead atoms. The molecule has 5 heteroatoms. The first kappa shape index (κ1) is 15.6. The Morgan fingerprint density at radius 3 is 2.72 bits per heavy atom. The van der Waals surface area contributed by atoms with Gasteiger partial charge in [0.15, 0.2) is 0 Å². The van der Waals surface area contributed by atoms with Crippen LogP contribution in [0.15, 0.2) is 18.2 Å². The highest BCUT2D eigenvalue weighted by Crippen LogP contribution is 2.25. The summed E-state index contributed by atoms with van der Waals surface area (Å²) in [4.78, 5) is 0. The minimum absolute atomic E-state index is 0.0429. The fraction of sp³-hybridized carbons (Fsp3) is 0.538. The summed E-state index contributed by atoms with van der Waals surface area (Å²) in [7, 11) is -0.877. The van der Waals surface area contributed by atoms with Crippen molar-refractivity contribution in [2.45, 2.75) is 31.6 Å². The molecule has 18 heavy (non-hydrogen) atoms. The number of hydrogen-bond donors (Lipinski definition) is 1. The van der Waals surface area contributed by atoms with Crippen molar-refractivity contribution in [2.24, 2.45) is 0 Å². The zero-order valence-corrected chi connectivity index (χ0v) is 12.4. The molecule has 0 aliphatic rings. The van der Waals surface area contributed by atoms with Crippen LogP contribution in [0.3, 0.4) is 0 Å². The lowest BCUT2D eigenvalue weighted by Gasteiger charge is -2.20. The molecule has 0 heterocycles. The highest BCUT2D eigenvalue weighted by molar-refractivity contribution is 7.84. The summed E-state index contributed by atoms with van der Waals surface area (Å²) in [6, 6.07) is 4.91. The largest absolute Gasteiger partial charge is 0.309 e. The van der Waals surface area contributed by atoms with Crippen molar-refractivity contribution >= 4 is 22.4 Å². The van der Waals surface area contributed by atoms with Crippen molar-refractivity contribution in [2.75, 3.05) is 12.8 Å². The monoisotopic (exact) mass is 291 g/mol. The average Bonchev–Trinajstić information content (AvgIpc) is 2.34. The summed E-state index contributed by atoms with van der Waals surface area (Å²) in [6.45, 7) is 4.48. The first-order valence-electron chi connectivity index (χ1n) is 5.96. The van der Waals surface area contributed by atoms with Gasteiger partial charge in [-0.3, -0.25) is 4.21 Å². The molecular formula is C13H19ClFNOS. The summed E-state index contributed by atoms with van der Waals surface area (Å²) in [5.74, 6) is -0.371. The Kier molecular flexibility index (Phi) is 6.26. The van der Waals surface area contributed by atoms with Gasteiger partial charge in [0.05, 0.1) is 5.02 Å². The molecule has 0 spiro atoms. The first-order valence-corrected chi connectivity index (χ1v) is 7.96. The van der Waals surface area contributed by atoms with Crippen LogP contribution in [0.5, 0.6) is 0 Å². The van der Waals surface area contributed by atoms with Gasteiger partial charge in [-0.2, -0.15) is 0 Å². The molecule has 0 radical (unpaired) electrons. The number of rotatable bonds is 6. The number of halogens is 2. The van der Waals surface area contributed by atoms with E-state index < -0.39 is 10.8 Å². The van der Waals surface area contributed by atoms with Crippen LogP contribution in [0, 0.1) is 5.82 Å². The molecule has 1 aromatic rings. The molecule has 1 rings (SSSR count). The Balaban J connectivity index is 2.77. The van der Waals surface area contributed by atoms with Crippen molar-refractivity contribution in [1.29, 1.82) is 0 Å². The topological polar surface area (TPSA) is 29.1 Å². The van der Waals surface area contributed by atoms with Crippen molar-refractivity contribution in [3.8, 4) is 0 Å². The summed E-state index contributed by atoms with van der Waals surface area (Å²) >= 11 is 5.78. The molecule has 0 fully saturated rings. The van der Waals surface area contributed by atoms with Crippen LogP contribution in [0.2, 0.25) is 5.02 Å². The molecule has 3 atom stereocenters. The van der Waals surface area contributed by atoms with E-state index in [0.717, 1.165) is 6.42 Å². The number of hydrogen-bond acceptors (Lipinski definition) is 2. The standard InChI is InChI=1S/C13H19ClFNOS/c1-4-12(16-8-9(2)18(3)17)10-6-5-7-11(14)13(10)15/h5-7,9,12,16H,4,8H2,1-3H3/t9-,12-,18-/m0/s1. The van der Waals surface area contributed by atoms with Crippen LogP contribution in [-0.2, 0) is 10.8 Å². The molecule has 1 N–H and O–H groups in total. The lowest BCUT2D eigenvalue weighted by Crippen LogP contribution is -2.31. The molecule has 0 amide bonds. The van der Waals surface area contributed by atoms with Gasteiger partial charge < -0.3 is 5.32 Å². The molecule has 0 unspecified atom stereocenters. The third-order valence-electron chi connectivity index (χ3n) is 2.98. The molecule has 1 aromatic carbocycles. The second kappa shape index (κ2) is 7.22. The maximum atomic E-state index is 13.9. The van der Waals surface area contributed by atoms with Crippen LogP contribution in [0.25, 0.3) is 0 Å². The molecule has 2 nitrogen and oxygen atoms in total. The van der Waals surface area contributed by atoms with Crippen LogP contribution < -0.4 is 5.32 Å². The minimum atomic E-state index is -0.877. The van der Waals surface area contributed by atoms with Crippen LogP contribution >= 0.6 is 11.6 Å². The summed E-state index contributed by atoms with van der Waals surface area (Å²) in [5.41, 5.74) is 0.569. The summed E-state index contributed by atoms with van der Waals surface area (Å²) in [6.07, 6.45) is 2.42.